The summed E-state index contributed by atoms with van der Waals surface area (Å²) in [6, 6.07) is 4.94. The third-order valence-electron chi connectivity index (χ3n) is 3.70. The Morgan fingerprint density at radius 3 is 2.52 bits per heavy atom. The van der Waals surface area contributed by atoms with Gasteiger partial charge in [-0.1, -0.05) is 15.9 Å². The van der Waals surface area contributed by atoms with Crippen molar-refractivity contribution in [2.24, 2.45) is 0 Å². The van der Waals surface area contributed by atoms with Crippen LogP contribution in [0.25, 0.3) is 0 Å². The lowest BCUT2D eigenvalue weighted by Crippen LogP contribution is -2.50. The van der Waals surface area contributed by atoms with Crippen molar-refractivity contribution in [2.45, 2.75) is 0 Å². The molecule has 110 valence electrons. The van der Waals surface area contributed by atoms with Crippen molar-refractivity contribution < 1.29 is 14.4 Å². The second kappa shape index (κ2) is 5.57. The molecule has 1 saturated heterocycles. The molecule has 2 aliphatic heterocycles. The highest BCUT2D eigenvalue weighted by Crippen LogP contribution is 2.25. The zero-order valence-electron chi connectivity index (χ0n) is 11.3. The summed E-state index contributed by atoms with van der Waals surface area (Å²) >= 11 is 3.28. The van der Waals surface area contributed by atoms with Gasteiger partial charge in [0.15, 0.2) is 0 Å². The number of fused-ring (bicyclic) bond motifs is 1. The first kappa shape index (κ1) is 14.2. The van der Waals surface area contributed by atoms with Gasteiger partial charge in [0.05, 0.1) is 11.1 Å². The minimum absolute atomic E-state index is 0.190. The van der Waals surface area contributed by atoms with E-state index in [1.54, 1.807) is 23.1 Å². The molecule has 2 aliphatic rings. The zero-order valence-corrected chi connectivity index (χ0v) is 12.9. The van der Waals surface area contributed by atoms with Crippen molar-refractivity contribution in [3.63, 3.8) is 0 Å². The molecule has 0 atom stereocenters. The normalized spacial score (nSPS) is 18.1. The number of rotatable bonds is 2. The number of amides is 3. The third kappa shape index (κ3) is 2.58. The SMILES string of the molecule is O=C(CN1C(=O)c2ccc(Br)cc2C1=O)N1CCNCC1. The number of piperazine rings is 1. The maximum Gasteiger partial charge on any atom is 0.262 e. The number of carbonyl (C=O) groups excluding carboxylic acids is 3. The molecule has 0 spiro atoms. The van der Waals surface area contributed by atoms with Crippen LogP contribution in [0.1, 0.15) is 20.7 Å². The Kier molecular flexibility index (Phi) is 3.77. The minimum atomic E-state index is -0.403. The second-order valence-electron chi connectivity index (χ2n) is 5.02. The van der Waals surface area contributed by atoms with Crippen LogP contribution >= 0.6 is 15.9 Å². The minimum Gasteiger partial charge on any atom is -0.339 e. The monoisotopic (exact) mass is 351 g/mol. The molecule has 21 heavy (non-hydrogen) atoms. The molecule has 6 nitrogen and oxygen atoms in total. The topological polar surface area (TPSA) is 69.7 Å². The van der Waals surface area contributed by atoms with E-state index in [0.717, 1.165) is 22.5 Å². The standard InChI is InChI=1S/C14H14BrN3O3/c15-9-1-2-10-11(7-9)14(21)18(13(10)20)8-12(19)17-5-3-16-4-6-17/h1-2,7,16H,3-6,8H2. The lowest BCUT2D eigenvalue weighted by molar-refractivity contribution is -0.132. The second-order valence-corrected chi connectivity index (χ2v) is 5.93. The van der Waals surface area contributed by atoms with Gasteiger partial charge >= 0.3 is 0 Å². The lowest BCUT2D eigenvalue weighted by atomic mass is 10.1. The summed E-state index contributed by atoms with van der Waals surface area (Å²) in [6.07, 6.45) is 0. The van der Waals surface area contributed by atoms with Crippen LogP contribution in [0.4, 0.5) is 0 Å². The molecule has 1 N–H and O–H groups in total. The molecule has 7 heteroatoms. The molecule has 0 aromatic heterocycles. The van der Waals surface area contributed by atoms with Crippen LogP contribution in [0.2, 0.25) is 0 Å². The summed E-state index contributed by atoms with van der Waals surface area (Å²) in [5, 5.41) is 3.15. The summed E-state index contributed by atoms with van der Waals surface area (Å²) in [6.45, 7) is 2.49. The number of hydrogen-bond acceptors (Lipinski definition) is 4. The number of hydrogen-bond donors (Lipinski definition) is 1. The summed E-state index contributed by atoms with van der Waals surface area (Å²) in [5.74, 6) is -0.990. The summed E-state index contributed by atoms with van der Waals surface area (Å²) in [5.41, 5.74) is 0.707. The van der Waals surface area contributed by atoms with E-state index in [0.29, 0.717) is 24.2 Å². The van der Waals surface area contributed by atoms with E-state index in [2.05, 4.69) is 21.2 Å². The van der Waals surface area contributed by atoms with Gasteiger partial charge in [-0.2, -0.15) is 0 Å². The van der Waals surface area contributed by atoms with Gasteiger partial charge in [-0.3, -0.25) is 19.3 Å². The highest BCUT2D eigenvalue weighted by molar-refractivity contribution is 9.10. The molecule has 0 bridgehead atoms. The van der Waals surface area contributed by atoms with E-state index in [1.807, 2.05) is 0 Å². The lowest BCUT2D eigenvalue weighted by Gasteiger charge is -2.28. The van der Waals surface area contributed by atoms with Crippen LogP contribution in [-0.2, 0) is 4.79 Å². The molecular weight excluding hydrogens is 338 g/mol. The van der Waals surface area contributed by atoms with Crippen LogP contribution in [0.5, 0.6) is 0 Å². The Morgan fingerprint density at radius 2 is 1.81 bits per heavy atom. The van der Waals surface area contributed by atoms with Gasteiger partial charge in [-0.05, 0) is 18.2 Å². The maximum absolute atomic E-state index is 12.3. The summed E-state index contributed by atoms with van der Waals surface area (Å²) < 4.78 is 0.734. The van der Waals surface area contributed by atoms with Gasteiger partial charge in [-0.25, -0.2) is 0 Å². The number of benzene rings is 1. The molecule has 0 aliphatic carbocycles. The molecule has 0 unspecified atom stereocenters. The van der Waals surface area contributed by atoms with Crippen LogP contribution < -0.4 is 5.32 Å². The summed E-state index contributed by atoms with van der Waals surface area (Å²) in [4.78, 5) is 39.4. The highest BCUT2D eigenvalue weighted by atomic mass is 79.9. The van der Waals surface area contributed by atoms with Crippen LogP contribution in [0.15, 0.2) is 22.7 Å². The average molecular weight is 352 g/mol. The van der Waals surface area contributed by atoms with Crippen LogP contribution in [0.3, 0.4) is 0 Å². The molecule has 0 radical (unpaired) electrons. The van der Waals surface area contributed by atoms with Gasteiger partial charge in [0, 0.05) is 30.7 Å². The fourth-order valence-electron chi connectivity index (χ4n) is 2.56. The number of carbonyl (C=O) groups is 3. The molecule has 1 aromatic carbocycles. The average Bonchev–Trinajstić information content (AvgIpc) is 2.73. The fourth-order valence-corrected chi connectivity index (χ4v) is 2.92. The Balaban J connectivity index is 1.77. The number of imide groups is 1. The molecule has 1 fully saturated rings. The predicted octanol–water partition coefficient (Wildman–Crippen LogP) is 0.477. The Hall–Kier alpha value is -1.73. The van der Waals surface area contributed by atoms with Crippen molar-refractivity contribution >= 4 is 33.7 Å². The first-order valence-electron chi connectivity index (χ1n) is 6.72. The Morgan fingerprint density at radius 1 is 1.14 bits per heavy atom. The number of halogens is 1. The molecule has 3 rings (SSSR count). The van der Waals surface area contributed by atoms with E-state index < -0.39 is 11.8 Å². The maximum atomic E-state index is 12.3. The first-order valence-corrected chi connectivity index (χ1v) is 7.51. The summed E-state index contributed by atoms with van der Waals surface area (Å²) in [7, 11) is 0. The number of nitrogens with one attached hydrogen (secondary N) is 1. The van der Waals surface area contributed by atoms with E-state index in [4.69, 9.17) is 0 Å². The molecular formula is C14H14BrN3O3. The zero-order chi connectivity index (χ0) is 15.0. The van der Waals surface area contributed by atoms with Crippen molar-refractivity contribution in [1.82, 2.24) is 15.1 Å². The van der Waals surface area contributed by atoms with Crippen molar-refractivity contribution in [2.75, 3.05) is 32.7 Å². The molecule has 1 aromatic rings. The molecule has 0 saturated carbocycles. The van der Waals surface area contributed by atoms with Gasteiger partial charge in [-0.15, -0.1) is 0 Å². The fraction of sp³-hybridized carbons (Fsp3) is 0.357. The van der Waals surface area contributed by atoms with Gasteiger partial charge < -0.3 is 10.2 Å². The predicted molar refractivity (Wildman–Crippen MR) is 79.0 cm³/mol. The van der Waals surface area contributed by atoms with Gasteiger partial charge in [0.1, 0.15) is 6.54 Å². The Bertz CT molecular complexity index is 626. The van der Waals surface area contributed by atoms with E-state index >= 15 is 0 Å². The quantitative estimate of drug-likeness (QED) is 0.786. The first-order chi connectivity index (χ1) is 10.1. The smallest absolute Gasteiger partial charge is 0.262 e. The molecule has 3 amide bonds. The third-order valence-corrected chi connectivity index (χ3v) is 4.19. The van der Waals surface area contributed by atoms with Crippen LogP contribution in [-0.4, -0.2) is 60.2 Å². The van der Waals surface area contributed by atoms with Crippen molar-refractivity contribution in [3.05, 3.63) is 33.8 Å². The number of nitrogens with zero attached hydrogens (tertiary/aromatic N) is 2. The van der Waals surface area contributed by atoms with Crippen molar-refractivity contribution in [3.8, 4) is 0 Å². The molecule has 2 heterocycles. The van der Waals surface area contributed by atoms with Crippen LogP contribution in [0, 0.1) is 0 Å². The largest absolute Gasteiger partial charge is 0.339 e. The van der Waals surface area contributed by atoms with E-state index in [1.165, 1.54) is 0 Å². The van der Waals surface area contributed by atoms with Gasteiger partial charge in [0.25, 0.3) is 11.8 Å². The van der Waals surface area contributed by atoms with Crippen molar-refractivity contribution in [1.29, 1.82) is 0 Å². The Labute approximate surface area is 130 Å². The van der Waals surface area contributed by atoms with Gasteiger partial charge in [0.2, 0.25) is 5.91 Å². The highest BCUT2D eigenvalue weighted by Gasteiger charge is 2.37. The van der Waals surface area contributed by atoms with E-state index in [9.17, 15) is 14.4 Å². The van der Waals surface area contributed by atoms with E-state index in [-0.39, 0.29) is 12.5 Å².